The summed E-state index contributed by atoms with van der Waals surface area (Å²) in [4.78, 5) is 72.1. The number of fused-ring (bicyclic) bond motifs is 5. The Morgan fingerprint density at radius 2 is 1.64 bits per heavy atom. The molecule has 4 aromatic carbocycles. The summed E-state index contributed by atoms with van der Waals surface area (Å²) < 4.78 is 20.1. The Labute approximate surface area is 319 Å². The predicted molar refractivity (Wildman–Crippen MR) is 199 cm³/mol. The van der Waals surface area contributed by atoms with Crippen molar-refractivity contribution in [3.63, 3.8) is 0 Å². The van der Waals surface area contributed by atoms with Crippen LogP contribution in [0.3, 0.4) is 0 Å². The molecule has 3 heterocycles. The van der Waals surface area contributed by atoms with Gasteiger partial charge in [-0.3, -0.25) is 34.3 Å². The first-order chi connectivity index (χ1) is 26.5. The lowest BCUT2D eigenvalue weighted by Crippen LogP contribution is -2.55. The molecular formula is C43H33ClFN3O7. The molecule has 4 amide bonds. The lowest BCUT2D eigenvalue weighted by atomic mass is 9.48. The second-order valence-electron chi connectivity index (χ2n) is 14.8. The van der Waals surface area contributed by atoms with Crippen LogP contribution in [0.15, 0.2) is 114 Å². The Hall–Kier alpha value is -6.07. The van der Waals surface area contributed by atoms with Crippen molar-refractivity contribution < 1.29 is 38.2 Å². The van der Waals surface area contributed by atoms with E-state index in [1.807, 2.05) is 6.08 Å². The number of rotatable bonds is 6. The Bertz CT molecular complexity index is 2390. The average Bonchev–Trinajstić information content (AvgIpc) is 3.56. The van der Waals surface area contributed by atoms with Crippen LogP contribution in [-0.4, -0.2) is 39.5 Å². The van der Waals surface area contributed by atoms with Crippen molar-refractivity contribution in [2.75, 3.05) is 10.3 Å². The summed E-state index contributed by atoms with van der Waals surface area (Å²) in [6, 6.07) is 23.2. The van der Waals surface area contributed by atoms with E-state index in [-0.39, 0.29) is 36.7 Å². The van der Waals surface area contributed by atoms with E-state index in [9.17, 15) is 28.7 Å². The van der Waals surface area contributed by atoms with Crippen molar-refractivity contribution in [1.29, 1.82) is 0 Å². The minimum Gasteiger partial charge on any atom is -0.508 e. The second kappa shape index (κ2) is 12.8. The van der Waals surface area contributed by atoms with Gasteiger partial charge in [0, 0.05) is 28.5 Å². The molecule has 0 bridgehead atoms. The fourth-order valence-corrected chi connectivity index (χ4v) is 9.70. The highest BCUT2D eigenvalue weighted by Gasteiger charge is 2.70. The summed E-state index contributed by atoms with van der Waals surface area (Å²) in [5.74, 6) is -6.00. The number of ketones is 1. The van der Waals surface area contributed by atoms with Gasteiger partial charge >= 0.3 is 0 Å². The number of ether oxygens (including phenoxy) is 1. The first-order valence-corrected chi connectivity index (χ1v) is 18.4. The third kappa shape index (κ3) is 5.24. The number of phenols is 1. The standard InChI is InChI=1S/C43H33ClFN3O7/c1-22(49)23-2-12-30(13-3-23)47-39(51)33-16-15-32-34(37(33)41(47)53)20-35-40(52)48(46-29-10-8-28(45)9-11-29)42(54)43(35,26-4-6-27(44)7-5-26)38(32)25-18-24-19-31(50)14-17-36(24)55-21-25/h2-15,17,19,21,33-35,37-38,46,50H,16,18,20H2,1H3. The zero-order chi connectivity index (χ0) is 38.3. The normalized spacial score (nSPS) is 26.7. The first kappa shape index (κ1) is 34.7. The third-order valence-electron chi connectivity index (χ3n) is 11.9. The number of anilines is 2. The number of carbonyl (C=O) groups excluding carboxylic acids is 5. The van der Waals surface area contributed by atoms with Gasteiger partial charge in [0.05, 0.1) is 40.8 Å². The lowest BCUT2D eigenvalue weighted by Gasteiger charge is -2.51. The van der Waals surface area contributed by atoms with Crippen LogP contribution in [0.1, 0.15) is 41.3 Å². The number of aromatic hydroxyl groups is 1. The number of benzene rings is 4. The van der Waals surface area contributed by atoms with Crippen LogP contribution >= 0.6 is 11.6 Å². The van der Waals surface area contributed by atoms with Gasteiger partial charge in [0.15, 0.2) is 5.78 Å². The Morgan fingerprint density at radius 3 is 2.35 bits per heavy atom. The third-order valence-corrected chi connectivity index (χ3v) is 12.2. The molecule has 6 atom stereocenters. The van der Waals surface area contributed by atoms with Gasteiger partial charge in [0.1, 0.15) is 17.3 Å². The number of allylic oxidation sites excluding steroid dienone is 3. The molecule has 3 fully saturated rings. The topological polar surface area (TPSA) is 133 Å². The van der Waals surface area contributed by atoms with E-state index in [1.165, 1.54) is 42.2 Å². The van der Waals surface area contributed by atoms with Crippen LogP contribution in [0, 0.1) is 35.4 Å². The number of halogens is 2. The zero-order valence-electron chi connectivity index (χ0n) is 29.4. The number of amides is 4. The van der Waals surface area contributed by atoms with Crippen molar-refractivity contribution in [1.82, 2.24) is 5.01 Å². The number of Topliss-reactive ketones (excluding diaryl/α,β-unsaturated/α-hetero) is 1. The van der Waals surface area contributed by atoms with Crippen LogP contribution in [-0.2, 0) is 31.0 Å². The van der Waals surface area contributed by atoms with Gasteiger partial charge in [-0.1, -0.05) is 35.4 Å². The summed E-state index contributed by atoms with van der Waals surface area (Å²) in [5, 5.41) is 11.9. The van der Waals surface area contributed by atoms with Crippen LogP contribution < -0.4 is 15.1 Å². The molecule has 5 aliphatic rings. The summed E-state index contributed by atoms with van der Waals surface area (Å²) in [6.45, 7) is 1.44. The molecule has 2 aliphatic carbocycles. The number of phenolic OH excluding ortho intramolecular Hbond substituents is 1. The van der Waals surface area contributed by atoms with Crippen LogP contribution in [0.4, 0.5) is 15.8 Å². The number of hydrogen-bond acceptors (Lipinski definition) is 8. The summed E-state index contributed by atoms with van der Waals surface area (Å²) in [5.41, 5.74) is 5.06. The lowest BCUT2D eigenvalue weighted by molar-refractivity contribution is -0.139. The highest BCUT2D eigenvalue weighted by atomic mass is 35.5. The van der Waals surface area contributed by atoms with E-state index in [4.69, 9.17) is 16.3 Å². The molecule has 10 nitrogen and oxygen atoms in total. The van der Waals surface area contributed by atoms with Gasteiger partial charge in [0.25, 0.3) is 11.8 Å². The summed E-state index contributed by atoms with van der Waals surface area (Å²) >= 11 is 6.39. The monoisotopic (exact) mass is 757 g/mol. The number of hydrogen-bond donors (Lipinski definition) is 2. The van der Waals surface area contributed by atoms with Crippen molar-refractivity contribution in [2.24, 2.45) is 29.6 Å². The van der Waals surface area contributed by atoms with E-state index >= 15 is 4.79 Å². The number of carbonyl (C=O) groups is 5. The highest BCUT2D eigenvalue weighted by Crippen LogP contribution is 2.63. The molecule has 55 heavy (non-hydrogen) atoms. The maximum absolute atomic E-state index is 15.4. The minimum atomic E-state index is -1.57. The number of nitrogens with one attached hydrogen (secondary N) is 1. The van der Waals surface area contributed by atoms with E-state index in [0.717, 1.165) is 10.6 Å². The van der Waals surface area contributed by atoms with Gasteiger partial charge in [0.2, 0.25) is 11.8 Å². The second-order valence-corrected chi connectivity index (χ2v) is 15.2. The van der Waals surface area contributed by atoms with E-state index in [1.54, 1.807) is 66.9 Å². The van der Waals surface area contributed by atoms with Crippen LogP contribution in [0.25, 0.3) is 0 Å². The Kier molecular flexibility index (Phi) is 8.05. The fraction of sp³-hybridized carbons (Fsp3) is 0.233. The van der Waals surface area contributed by atoms with Crippen LogP contribution in [0.5, 0.6) is 11.5 Å². The maximum Gasteiger partial charge on any atom is 0.260 e. The summed E-state index contributed by atoms with van der Waals surface area (Å²) in [6.07, 6.45) is 4.08. The largest absolute Gasteiger partial charge is 0.508 e. The molecule has 1 saturated carbocycles. The minimum absolute atomic E-state index is 0.0309. The zero-order valence-corrected chi connectivity index (χ0v) is 30.1. The molecule has 3 aliphatic heterocycles. The number of imide groups is 2. The van der Waals surface area contributed by atoms with Gasteiger partial charge in [-0.25, -0.2) is 4.39 Å². The van der Waals surface area contributed by atoms with Gasteiger partial charge < -0.3 is 9.84 Å². The molecule has 0 aromatic heterocycles. The molecular weight excluding hydrogens is 725 g/mol. The van der Waals surface area contributed by atoms with Crippen molar-refractivity contribution in [2.45, 2.75) is 31.6 Å². The number of nitrogens with zero attached hydrogens (tertiary/aromatic N) is 2. The van der Waals surface area contributed by atoms with Crippen molar-refractivity contribution >= 4 is 52.4 Å². The van der Waals surface area contributed by atoms with Gasteiger partial charge in [-0.05, 0) is 116 Å². The molecule has 4 aromatic rings. The molecule has 0 radical (unpaired) electrons. The molecule has 0 spiro atoms. The molecule has 12 heteroatoms. The SMILES string of the molecule is CC(=O)c1ccc(N2C(=O)C3CC=C4C(CC5C(=O)N(Nc6ccc(F)cc6)C(=O)C5(c5ccc(Cl)cc5)C4C4=COc5ccc(O)cc5C4)C3C2=O)cc1. The molecule has 6 unspecified atom stereocenters. The summed E-state index contributed by atoms with van der Waals surface area (Å²) in [7, 11) is 0. The Balaban J connectivity index is 1.21. The van der Waals surface area contributed by atoms with Crippen molar-refractivity contribution in [3.05, 3.63) is 142 Å². The molecule has 2 N–H and O–H groups in total. The van der Waals surface area contributed by atoms with E-state index in [2.05, 4.69) is 5.43 Å². The van der Waals surface area contributed by atoms with Gasteiger partial charge in [-0.2, -0.15) is 5.01 Å². The number of hydrazine groups is 1. The average molecular weight is 758 g/mol. The predicted octanol–water partition coefficient (Wildman–Crippen LogP) is 6.93. The fourth-order valence-electron chi connectivity index (χ4n) is 9.57. The maximum atomic E-state index is 15.4. The van der Waals surface area contributed by atoms with E-state index < -0.39 is 58.5 Å². The van der Waals surface area contributed by atoms with E-state index in [0.29, 0.717) is 44.4 Å². The smallest absolute Gasteiger partial charge is 0.260 e. The molecule has 9 rings (SSSR count). The highest BCUT2D eigenvalue weighted by molar-refractivity contribution is 6.30. The van der Waals surface area contributed by atoms with Crippen molar-refractivity contribution in [3.8, 4) is 11.5 Å². The first-order valence-electron chi connectivity index (χ1n) is 18.0. The van der Waals surface area contributed by atoms with Gasteiger partial charge in [-0.15, -0.1) is 0 Å². The van der Waals surface area contributed by atoms with Crippen LogP contribution in [0.2, 0.25) is 5.02 Å². The molecule has 2 saturated heterocycles. The quantitative estimate of drug-likeness (QED) is 0.123. The molecule has 276 valence electrons. The Morgan fingerprint density at radius 1 is 0.909 bits per heavy atom.